The zero-order valence-electron chi connectivity index (χ0n) is 15.0. The van der Waals surface area contributed by atoms with Gasteiger partial charge in [-0.15, -0.1) is 0 Å². The molecule has 0 radical (unpaired) electrons. The van der Waals surface area contributed by atoms with Gasteiger partial charge in [-0.05, 0) is 42.3 Å². The number of halogens is 2. The van der Waals surface area contributed by atoms with Gasteiger partial charge in [0.25, 0.3) is 5.91 Å². The maximum Gasteiger partial charge on any atom is 0.339 e. The minimum atomic E-state index is -0.569. The molecule has 0 spiro atoms. The van der Waals surface area contributed by atoms with Crippen LogP contribution in [0.4, 0.5) is 5.69 Å². The number of nitrogens with one attached hydrogen (secondary N) is 1. The van der Waals surface area contributed by atoms with Crippen molar-refractivity contribution >= 4 is 40.8 Å². The molecule has 0 aliphatic heterocycles. The van der Waals surface area contributed by atoms with E-state index in [0.717, 1.165) is 16.7 Å². The van der Waals surface area contributed by atoms with E-state index in [1.54, 1.807) is 24.3 Å². The normalized spacial score (nSPS) is 10.4. The van der Waals surface area contributed by atoms with E-state index in [1.165, 1.54) is 6.07 Å². The van der Waals surface area contributed by atoms with Gasteiger partial charge in [-0.2, -0.15) is 0 Å². The Hall–Kier alpha value is -2.82. The molecule has 3 aromatic carbocycles. The van der Waals surface area contributed by atoms with Crippen LogP contribution < -0.4 is 5.32 Å². The fourth-order valence-corrected chi connectivity index (χ4v) is 2.92. The van der Waals surface area contributed by atoms with E-state index in [1.807, 2.05) is 43.3 Å². The summed E-state index contributed by atoms with van der Waals surface area (Å²) in [6.07, 6.45) is 0. The Bertz CT molecular complexity index is 1020. The number of rotatable bonds is 5. The van der Waals surface area contributed by atoms with E-state index >= 15 is 0 Å². The van der Waals surface area contributed by atoms with Crippen molar-refractivity contribution in [3.8, 4) is 11.1 Å². The minimum Gasteiger partial charge on any atom is -0.452 e. The molecule has 28 heavy (non-hydrogen) atoms. The lowest BCUT2D eigenvalue weighted by atomic mass is 9.99. The number of benzene rings is 3. The number of hydrogen-bond acceptors (Lipinski definition) is 3. The van der Waals surface area contributed by atoms with Crippen molar-refractivity contribution in [1.29, 1.82) is 0 Å². The van der Waals surface area contributed by atoms with Gasteiger partial charge in [-0.1, -0.05) is 71.2 Å². The molecular formula is C22H17Cl2NO3. The molecule has 0 aliphatic carbocycles. The Morgan fingerprint density at radius 2 is 1.64 bits per heavy atom. The first-order valence-corrected chi connectivity index (χ1v) is 9.28. The van der Waals surface area contributed by atoms with Gasteiger partial charge >= 0.3 is 5.97 Å². The third-order valence-corrected chi connectivity index (χ3v) is 4.79. The molecule has 0 unspecified atom stereocenters. The first-order chi connectivity index (χ1) is 13.4. The predicted octanol–water partition coefficient (Wildman–Crippen LogP) is 5.76. The molecule has 0 aliphatic rings. The summed E-state index contributed by atoms with van der Waals surface area (Å²) in [6.45, 7) is 1.58. The Morgan fingerprint density at radius 1 is 0.929 bits per heavy atom. The molecule has 1 amide bonds. The molecule has 3 aromatic rings. The number of esters is 1. The third kappa shape index (κ3) is 4.91. The second kappa shape index (κ2) is 8.91. The zero-order chi connectivity index (χ0) is 20.1. The standard InChI is InChI=1S/C22H17Cl2NO3/c1-14-6-8-15(9-7-14)17-4-2-3-5-18(17)22(27)28-13-21(26)25-16-10-11-19(23)20(24)12-16/h2-12H,13H2,1H3,(H,25,26). The molecule has 4 nitrogen and oxygen atoms in total. The molecule has 0 saturated heterocycles. The number of anilines is 1. The highest BCUT2D eigenvalue weighted by Crippen LogP contribution is 2.26. The van der Waals surface area contributed by atoms with E-state index in [-0.39, 0.29) is 0 Å². The number of hydrogen-bond donors (Lipinski definition) is 1. The number of carbonyl (C=O) groups excluding carboxylic acids is 2. The van der Waals surface area contributed by atoms with E-state index in [2.05, 4.69) is 5.32 Å². The summed E-state index contributed by atoms with van der Waals surface area (Å²) in [6, 6.07) is 19.7. The molecule has 3 rings (SSSR count). The lowest BCUT2D eigenvalue weighted by molar-refractivity contribution is -0.119. The highest BCUT2D eigenvalue weighted by atomic mass is 35.5. The quantitative estimate of drug-likeness (QED) is 0.540. The molecular weight excluding hydrogens is 397 g/mol. The van der Waals surface area contributed by atoms with Crippen LogP contribution in [-0.4, -0.2) is 18.5 Å². The van der Waals surface area contributed by atoms with Gasteiger partial charge in [-0.3, -0.25) is 4.79 Å². The Kier molecular flexibility index (Phi) is 6.34. The van der Waals surface area contributed by atoms with E-state index in [9.17, 15) is 9.59 Å². The molecule has 0 fully saturated rings. The van der Waals surface area contributed by atoms with Crippen molar-refractivity contribution in [3.05, 3.63) is 87.9 Å². The maximum absolute atomic E-state index is 12.5. The molecule has 0 atom stereocenters. The van der Waals surface area contributed by atoms with Crippen LogP contribution in [0.5, 0.6) is 0 Å². The smallest absolute Gasteiger partial charge is 0.339 e. The summed E-state index contributed by atoms with van der Waals surface area (Å²) in [5.41, 5.74) is 3.64. The monoisotopic (exact) mass is 413 g/mol. The highest BCUT2D eigenvalue weighted by molar-refractivity contribution is 6.42. The largest absolute Gasteiger partial charge is 0.452 e. The van der Waals surface area contributed by atoms with Crippen LogP contribution in [0.3, 0.4) is 0 Å². The Balaban J connectivity index is 1.67. The summed E-state index contributed by atoms with van der Waals surface area (Å²) in [4.78, 5) is 24.6. The molecule has 0 heterocycles. The maximum atomic E-state index is 12.5. The van der Waals surface area contributed by atoms with Gasteiger partial charge < -0.3 is 10.1 Å². The third-order valence-electron chi connectivity index (χ3n) is 4.05. The van der Waals surface area contributed by atoms with Crippen molar-refractivity contribution in [2.45, 2.75) is 6.92 Å². The minimum absolute atomic E-state index is 0.323. The van der Waals surface area contributed by atoms with Gasteiger partial charge in [0.05, 0.1) is 15.6 Å². The van der Waals surface area contributed by atoms with E-state index < -0.39 is 18.5 Å². The molecule has 142 valence electrons. The summed E-state index contributed by atoms with van der Waals surface area (Å²) in [5.74, 6) is -1.04. The predicted molar refractivity (Wildman–Crippen MR) is 112 cm³/mol. The molecule has 0 saturated carbocycles. The number of carbonyl (C=O) groups is 2. The van der Waals surface area contributed by atoms with Gasteiger partial charge in [0, 0.05) is 5.69 Å². The Labute approximate surface area is 173 Å². The van der Waals surface area contributed by atoms with Gasteiger partial charge in [0.2, 0.25) is 0 Å². The van der Waals surface area contributed by atoms with Crippen LogP contribution in [-0.2, 0) is 9.53 Å². The van der Waals surface area contributed by atoms with Crippen molar-refractivity contribution < 1.29 is 14.3 Å². The second-order valence-corrected chi connectivity index (χ2v) is 6.98. The van der Waals surface area contributed by atoms with Crippen LogP contribution in [0.15, 0.2) is 66.7 Å². The van der Waals surface area contributed by atoms with Crippen LogP contribution in [0.25, 0.3) is 11.1 Å². The molecule has 0 bridgehead atoms. The van der Waals surface area contributed by atoms with Crippen LogP contribution in [0.1, 0.15) is 15.9 Å². The molecule has 1 N–H and O–H groups in total. The lowest BCUT2D eigenvalue weighted by Crippen LogP contribution is -2.21. The van der Waals surface area contributed by atoms with Crippen LogP contribution in [0.2, 0.25) is 10.0 Å². The summed E-state index contributed by atoms with van der Waals surface area (Å²) in [5, 5.41) is 3.32. The summed E-state index contributed by atoms with van der Waals surface area (Å²) in [7, 11) is 0. The first-order valence-electron chi connectivity index (χ1n) is 8.52. The van der Waals surface area contributed by atoms with Crippen molar-refractivity contribution in [2.24, 2.45) is 0 Å². The van der Waals surface area contributed by atoms with Crippen molar-refractivity contribution in [3.63, 3.8) is 0 Å². The average Bonchev–Trinajstić information content (AvgIpc) is 2.69. The summed E-state index contributed by atoms with van der Waals surface area (Å²) < 4.78 is 5.19. The Morgan fingerprint density at radius 3 is 2.36 bits per heavy atom. The highest BCUT2D eigenvalue weighted by Gasteiger charge is 2.15. The topological polar surface area (TPSA) is 55.4 Å². The van der Waals surface area contributed by atoms with Crippen molar-refractivity contribution in [2.75, 3.05) is 11.9 Å². The van der Waals surface area contributed by atoms with Gasteiger partial charge in [0.15, 0.2) is 6.61 Å². The van der Waals surface area contributed by atoms with E-state index in [4.69, 9.17) is 27.9 Å². The first kappa shape index (κ1) is 19.9. The lowest BCUT2D eigenvalue weighted by Gasteiger charge is -2.11. The van der Waals surface area contributed by atoms with E-state index in [0.29, 0.717) is 21.3 Å². The van der Waals surface area contributed by atoms with Gasteiger partial charge in [0.1, 0.15) is 0 Å². The molecule has 0 aromatic heterocycles. The molecule has 6 heteroatoms. The SMILES string of the molecule is Cc1ccc(-c2ccccc2C(=O)OCC(=O)Nc2ccc(Cl)c(Cl)c2)cc1. The number of amides is 1. The average molecular weight is 414 g/mol. The van der Waals surface area contributed by atoms with Crippen molar-refractivity contribution in [1.82, 2.24) is 0 Å². The second-order valence-electron chi connectivity index (χ2n) is 6.16. The zero-order valence-corrected chi connectivity index (χ0v) is 16.6. The summed E-state index contributed by atoms with van der Waals surface area (Å²) >= 11 is 11.8. The number of aryl methyl sites for hydroxylation is 1. The number of ether oxygens (including phenoxy) is 1. The van der Waals surface area contributed by atoms with Gasteiger partial charge in [-0.25, -0.2) is 4.79 Å². The fraction of sp³-hybridized carbons (Fsp3) is 0.0909. The van der Waals surface area contributed by atoms with Crippen LogP contribution in [0, 0.1) is 6.92 Å². The fourth-order valence-electron chi connectivity index (χ4n) is 2.63. The van der Waals surface area contributed by atoms with Crippen LogP contribution >= 0.6 is 23.2 Å².